The van der Waals surface area contributed by atoms with E-state index in [1.807, 2.05) is 6.07 Å². The zero-order chi connectivity index (χ0) is 14.5. The smallest absolute Gasteiger partial charge is 0.336 e. The number of primary amides is 1. The lowest BCUT2D eigenvalue weighted by atomic mass is 10.2. The summed E-state index contributed by atoms with van der Waals surface area (Å²) in [5.41, 5.74) is 6.74. The Bertz CT molecular complexity index is 639. The highest BCUT2D eigenvalue weighted by Crippen LogP contribution is 2.19. The molecule has 5 N–H and O–H groups in total. The second kappa shape index (κ2) is 6.07. The van der Waals surface area contributed by atoms with Gasteiger partial charge in [0.1, 0.15) is 0 Å². The molecule has 6 nitrogen and oxygen atoms in total. The number of carbonyl (C=O) groups excluding carboxylic acids is 1. The molecule has 0 aliphatic rings. The van der Waals surface area contributed by atoms with Gasteiger partial charge < -0.3 is 21.5 Å². The van der Waals surface area contributed by atoms with E-state index in [2.05, 4.69) is 10.6 Å². The van der Waals surface area contributed by atoms with Crippen molar-refractivity contribution in [1.82, 2.24) is 0 Å². The van der Waals surface area contributed by atoms with Gasteiger partial charge in [-0.3, -0.25) is 0 Å². The normalized spacial score (nSPS) is 10.0. The summed E-state index contributed by atoms with van der Waals surface area (Å²) in [6.45, 7) is 0.512. The van der Waals surface area contributed by atoms with Crippen LogP contribution in [0.2, 0.25) is 0 Å². The monoisotopic (exact) mass is 291 g/mol. The van der Waals surface area contributed by atoms with E-state index < -0.39 is 12.0 Å². The Morgan fingerprint density at radius 2 is 2.00 bits per heavy atom. The van der Waals surface area contributed by atoms with Crippen molar-refractivity contribution in [3.63, 3.8) is 0 Å². The molecule has 0 bridgehead atoms. The van der Waals surface area contributed by atoms with Gasteiger partial charge >= 0.3 is 12.0 Å². The Morgan fingerprint density at radius 1 is 1.25 bits per heavy atom. The number of rotatable bonds is 5. The van der Waals surface area contributed by atoms with Crippen LogP contribution in [-0.4, -0.2) is 17.1 Å². The van der Waals surface area contributed by atoms with Gasteiger partial charge in [-0.1, -0.05) is 6.07 Å². The van der Waals surface area contributed by atoms with E-state index in [0.29, 0.717) is 12.2 Å². The number of hydrogen-bond acceptors (Lipinski definition) is 4. The summed E-state index contributed by atoms with van der Waals surface area (Å²) in [6, 6.07) is 8.11. The van der Waals surface area contributed by atoms with E-state index >= 15 is 0 Å². The second-order valence-electron chi connectivity index (χ2n) is 4.03. The molecule has 0 aliphatic carbocycles. The van der Waals surface area contributed by atoms with Crippen molar-refractivity contribution in [3.8, 4) is 0 Å². The lowest BCUT2D eigenvalue weighted by Gasteiger charge is -2.07. The maximum atomic E-state index is 10.8. The number of hydrogen-bond donors (Lipinski definition) is 4. The number of aromatic carboxylic acids is 1. The van der Waals surface area contributed by atoms with Crippen LogP contribution >= 0.6 is 11.3 Å². The summed E-state index contributed by atoms with van der Waals surface area (Å²) < 4.78 is 0. The largest absolute Gasteiger partial charge is 0.478 e. The Kier molecular flexibility index (Phi) is 4.21. The highest BCUT2D eigenvalue weighted by molar-refractivity contribution is 7.10. The molecular weight excluding hydrogens is 278 g/mol. The Balaban J connectivity index is 1.99. The molecule has 1 aromatic heterocycles. The number of carboxylic acids is 1. The molecule has 2 amide bonds. The number of anilines is 2. The van der Waals surface area contributed by atoms with Gasteiger partial charge in [-0.15, -0.1) is 11.3 Å². The lowest BCUT2D eigenvalue weighted by Crippen LogP contribution is -2.19. The zero-order valence-corrected chi connectivity index (χ0v) is 11.2. The number of amides is 2. The van der Waals surface area contributed by atoms with Crippen molar-refractivity contribution in [2.24, 2.45) is 5.73 Å². The first-order valence-corrected chi connectivity index (χ1v) is 6.63. The first-order valence-electron chi connectivity index (χ1n) is 5.75. The number of urea groups is 1. The van der Waals surface area contributed by atoms with Crippen molar-refractivity contribution >= 4 is 34.7 Å². The number of carboxylic acid groups (broad SMARTS) is 1. The number of nitrogens with one attached hydrogen (secondary N) is 2. The highest BCUT2D eigenvalue weighted by atomic mass is 32.1. The summed E-state index contributed by atoms with van der Waals surface area (Å²) >= 11 is 1.38. The molecular formula is C13H13N3O3S. The average molecular weight is 291 g/mol. The van der Waals surface area contributed by atoms with Gasteiger partial charge in [0.05, 0.1) is 5.56 Å². The summed E-state index contributed by atoms with van der Waals surface area (Å²) in [6.07, 6.45) is 0. The fraction of sp³-hybridized carbons (Fsp3) is 0.0769. The van der Waals surface area contributed by atoms with Gasteiger partial charge in [0.15, 0.2) is 0 Å². The van der Waals surface area contributed by atoms with E-state index in [9.17, 15) is 9.59 Å². The van der Waals surface area contributed by atoms with Gasteiger partial charge in [0.2, 0.25) is 0 Å². The van der Waals surface area contributed by atoms with Crippen LogP contribution in [0.3, 0.4) is 0 Å². The van der Waals surface area contributed by atoms with Gasteiger partial charge in [-0.25, -0.2) is 9.59 Å². The number of thiophene rings is 1. The minimum Gasteiger partial charge on any atom is -0.478 e. The predicted octanol–water partition coefficient (Wildman–Crippen LogP) is 2.55. The SMILES string of the molecule is NC(=O)Nc1cccc(NCc2cc(C(=O)O)cs2)c1. The van der Waals surface area contributed by atoms with E-state index in [-0.39, 0.29) is 5.56 Å². The molecule has 1 heterocycles. The molecule has 2 rings (SSSR count). The first-order chi connectivity index (χ1) is 9.54. The van der Waals surface area contributed by atoms with Crippen molar-refractivity contribution in [2.75, 3.05) is 10.6 Å². The lowest BCUT2D eigenvalue weighted by molar-refractivity contribution is 0.0697. The van der Waals surface area contributed by atoms with Crippen molar-refractivity contribution in [2.45, 2.75) is 6.54 Å². The number of nitrogens with two attached hydrogens (primary N) is 1. The second-order valence-corrected chi connectivity index (χ2v) is 5.03. The Hall–Kier alpha value is -2.54. The van der Waals surface area contributed by atoms with E-state index in [1.54, 1.807) is 29.6 Å². The van der Waals surface area contributed by atoms with Gasteiger partial charge in [-0.05, 0) is 24.3 Å². The number of carbonyl (C=O) groups is 2. The van der Waals surface area contributed by atoms with Crippen LogP contribution in [0.5, 0.6) is 0 Å². The van der Waals surface area contributed by atoms with E-state index in [4.69, 9.17) is 10.8 Å². The molecule has 2 aromatic rings. The van der Waals surface area contributed by atoms with E-state index in [1.165, 1.54) is 11.3 Å². The van der Waals surface area contributed by atoms with Crippen LogP contribution in [-0.2, 0) is 6.54 Å². The molecule has 7 heteroatoms. The van der Waals surface area contributed by atoms with Crippen molar-refractivity contribution in [3.05, 3.63) is 46.2 Å². The topological polar surface area (TPSA) is 104 Å². The first kappa shape index (κ1) is 13.9. The maximum Gasteiger partial charge on any atom is 0.336 e. The molecule has 0 saturated heterocycles. The minimum atomic E-state index is -0.930. The molecule has 0 unspecified atom stereocenters. The summed E-state index contributed by atoms with van der Waals surface area (Å²) in [7, 11) is 0. The van der Waals surface area contributed by atoms with Crippen LogP contribution in [0.15, 0.2) is 35.7 Å². The van der Waals surface area contributed by atoms with Crippen molar-refractivity contribution < 1.29 is 14.7 Å². The highest BCUT2D eigenvalue weighted by Gasteiger charge is 2.06. The van der Waals surface area contributed by atoms with Gasteiger partial charge in [-0.2, -0.15) is 0 Å². The predicted molar refractivity (Wildman–Crippen MR) is 78.3 cm³/mol. The molecule has 0 saturated carbocycles. The van der Waals surface area contributed by atoms with E-state index in [0.717, 1.165) is 10.6 Å². The van der Waals surface area contributed by atoms with Crippen LogP contribution in [0.4, 0.5) is 16.2 Å². The number of benzene rings is 1. The molecule has 0 fully saturated rings. The summed E-state index contributed by atoms with van der Waals surface area (Å²) in [4.78, 5) is 22.4. The molecule has 0 spiro atoms. The molecule has 0 atom stereocenters. The molecule has 20 heavy (non-hydrogen) atoms. The van der Waals surface area contributed by atoms with Crippen LogP contribution < -0.4 is 16.4 Å². The van der Waals surface area contributed by atoms with Gasteiger partial charge in [0, 0.05) is 28.2 Å². The van der Waals surface area contributed by atoms with Crippen LogP contribution in [0, 0.1) is 0 Å². The third kappa shape index (κ3) is 3.72. The Labute approximate surface area is 119 Å². The third-order valence-corrected chi connectivity index (χ3v) is 3.43. The molecule has 1 aromatic carbocycles. The summed E-state index contributed by atoms with van der Waals surface area (Å²) in [5.74, 6) is -0.930. The zero-order valence-electron chi connectivity index (χ0n) is 10.4. The molecule has 0 aliphatic heterocycles. The van der Waals surface area contributed by atoms with Crippen molar-refractivity contribution in [1.29, 1.82) is 0 Å². The van der Waals surface area contributed by atoms with Gasteiger partial charge in [0.25, 0.3) is 0 Å². The quantitative estimate of drug-likeness (QED) is 0.679. The average Bonchev–Trinajstić information content (AvgIpc) is 2.85. The van der Waals surface area contributed by atoms with Crippen LogP contribution in [0.25, 0.3) is 0 Å². The summed E-state index contributed by atoms with van der Waals surface area (Å²) in [5, 5.41) is 16.1. The fourth-order valence-corrected chi connectivity index (χ4v) is 2.42. The molecule has 104 valence electrons. The third-order valence-electron chi connectivity index (χ3n) is 2.50. The standard InChI is InChI=1S/C13H13N3O3S/c14-13(19)16-10-3-1-2-9(5-10)15-6-11-4-8(7-20-11)12(17)18/h1-5,7,15H,6H2,(H,17,18)(H3,14,16,19). The molecule has 0 radical (unpaired) electrons. The minimum absolute atomic E-state index is 0.288. The fourth-order valence-electron chi connectivity index (χ4n) is 1.62. The van der Waals surface area contributed by atoms with Crippen LogP contribution in [0.1, 0.15) is 15.2 Å². The maximum absolute atomic E-state index is 10.8. The Morgan fingerprint density at radius 3 is 2.65 bits per heavy atom.